The molecule has 1 aromatic heterocycles. The Hall–Kier alpha value is -1.38. The molecule has 4 fully saturated rings. The highest BCUT2D eigenvalue weighted by Gasteiger charge is 2.60. The Morgan fingerprint density at radius 1 is 1.15 bits per heavy atom. The molecule has 0 bridgehead atoms. The molecule has 33 heavy (non-hydrogen) atoms. The van der Waals surface area contributed by atoms with Gasteiger partial charge in [0.05, 0.1) is 29.5 Å². The Morgan fingerprint density at radius 3 is 2.67 bits per heavy atom. The van der Waals surface area contributed by atoms with E-state index in [1.165, 1.54) is 38.5 Å². The molecule has 4 saturated carbocycles. The van der Waals surface area contributed by atoms with Gasteiger partial charge in [0.2, 0.25) is 0 Å². The highest BCUT2D eigenvalue weighted by molar-refractivity contribution is 5.21. The van der Waals surface area contributed by atoms with Gasteiger partial charge in [-0.2, -0.15) is 10.4 Å². The lowest BCUT2D eigenvalue weighted by Crippen LogP contribution is -2.53. The Balaban J connectivity index is 1.31. The van der Waals surface area contributed by atoms with Gasteiger partial charge in [-0.05, 0) is 112 Å². The molecular formula is C28H43N3O2. The van der Waals surface area contributed by atoms with E-state index in [0.29, 0.717) is 18.0 Å². The van der Waals surface area contributed by atoms with Crippen molar-refractivity contribution in [3.05, 3.63) is 18.0 Å². The fourth-order valence-corrected chi connectivity index (χ4v) is 9.62. The van der Waals surface area contributed by atoms with E-state index < -0.39 is 11.2 Å². The molecule has 1 aromatic rings. The van der Waals surface area contributed by atoms with Crippen LogP contribution >= 0.6 is 0 Å². The predicted molar refractivity (Wildman–Crippen MR) is 128 cm³/mol. The maximum atomic E-state index is 11.7. The first kappa shape index (κ1) is 23.4. The standard InChI is InChI=1S/C28H43N3O2/c1-4-11-28(33)13-10-21-20(14-28)5-6-23-22(21)9-12-26(2)24(23)7-8-25(26)27(3,32)18-31-17-19(15-29)16-30-31/h16-17,20-25,32-33H,4-14,18H2,1-3H3/t20-,21+,22-,23-,24+,25+,26+,27-,28-/m1/s1. The molecule has 182 valence electrons. The lowest BCUT2D eigenvalue weighted by Gasteiger charge is -2.58. The zero-order valence-corrected chi connectivity index (χ0v) is 20.8. The lowest BCUT2D eigenvalue weighted by atomic mass is 9.48. The van der Waals surface area contributed by atoms with Crippen molar-refractivity contribution in [1.29, 1.82) is 5.26 Å². The summed E-state index contributed by atoms with van der Waals surface area (Å²) < 4.78 is 1.76. The van der Waals surface area contributed by atoms with Gasteiger partial charge in [0, 0.05) is 6.20 Å². The first-order valence-corrected chi connectivity index (χ1v) is 13.6. The van der Waals surface area contributed by atoms with E-state index in [9.17, 15) is 10.2 Å². The number of aromatic nitrogens is 2. The number of hydrogen-bond acceptors (Lipinski definition) is 4. The summed E-state index contributed by atoms with van der Waals surface area (Å²) in [6.07, 6.45) is 16.1. The van der Waals surface area contributed by atoms with E-state index in [4.69, 9.17) is 5.26 Å². The molecule has 0 amide bonds. The summed E-state index contributed by atoms with van der Waals surface area (Å²) in [5.74, 6) is 4.11. The largest absolute Gasteiger partial charge is 0.390 e. The summed E-state index contributed by atoms with van der Waals surface area (Å²) in [6, 6.07) is 2.14. The van der Waals surface area contributed by atoms with Gasteiger partial charge >= 0.3 is 0 Å². The van der Waals surface area contributed by atoms with E-state index in [0.717, 1.165) is 55.8 Å². The van der Waals surface area contributed by atoms with E-state index in [1.54, 1.807) is 17.1 Å². The normalized spacial score (nSPS) is 44.2. The van der Waals surface area contributed by atoms with Gasteiger partial charge in [-0.3, -0.25) is 4.68 Å². The second-order valence-corrected chi connectivity index (χ2v) is 12.7. The zero-order valence-electron chi connectivity index (χ0n) is 20.8. The maximum Gasteiger partial charge on any atom is 0.102 e. The highest BCUT2D eigenvalue weighted by atomic mass is 16.3. The number of rotatable bonds is 5. The third-order valence-corrected chi connectivity index (χ3v) is 10.8. The number of aliphatic hydroxyl groups is 2. The van der Waals surface area contributed by atoms with Crippen LogP contribution in [-0.2, 0) is 6.54 Å². The van der Waals surface area contributed by atoms with Crippen LogP contribution in [0.5, 0.6) is 0 Å². The molecule has 1 heterocycles. The van der Waals surface area contributed by atoms with E-state index in [2.05, 4.69) is 25.0 Å². The summed E-state index contributed by atoms with van der Waals surface area (Å²) in [6.45, 7) is 7.12. The SMILES string of the molecule is CCC[C@@]1(O)CC[C@H]2[C@H](CC[C@@H]3[C@@H]2CC[C@@]2(C)[C@H]3CC[C@@H]2[C@](C)(O)Cn2cc(C#N)cn2)C1. The third kappa shape index (κ3) is 3.96. The molecule has 9 atom stereocenters. The zero-order chi connectivity index (χ0) is 23.4. The predicted octanol–water partition coefficient (Wildman–Crippen LogP) is 5.31. The minimum absolute atomic E-state index is 0.181. The van der Waals surface area contributed by atoms with E-state index >= 15 is 0 Å². The van der Waals surface area contributed by atoms with Gasteiger partial charge < -0.3 is 10.2 Å². The highest BCUT2D eigenvalue weighted by Crippen LogP contribution is 2.66. The van der Waals surface area contributed by atoms with Crippen molar-refractivity contribution in [2.75, 3.05) is 0 Å². The second-order valence-electron chi connectivity index (χ2n) is 12.7. The van der Waals surface area contributed by atoms with Crippen LogP contribution in [0.4, 0.5) is 0 Å². The first-order chi connectivity index (χ1) is 15.7. The van der Waals surface area contributed by atoms with Crippen LogP contribution in [0.25, 0.3) is 0 Å². The van der Waals surface area contributed by atoms with E-state index in [-0.39, 0.29) is 11.3 Å². The van der Waals surface area contributed by atoms with E-state index in [1.807, 2.05) is 6.92 Å². The molecule has 5 rings (SSSR count). The average molecular weight is 454 g/mol. The molecule has 5 nitrogen and oxygen atoms in total. The Bertz CT molecular complexity index is 903. The Labute approximate surface area is 199 Å². The van der Waals surface area contributed by atoms with Crippen LogP contribution in [0.1, 0.15) is 97.0 Å². The Morgan fingerprint density at radius 2 is 1.94 bits per heavy atom. The van der Waals surface area contributed by atoms with Crippen molar-refractivity contribution in [2.45, 2.75) is 109 Å². The molecule has 4 aliphatic rings. The van der Waals surface area contributed by atoms with Crippen LogP contribution in [0, 0.1) is 52.3 Å². The molecule has 0 aliphatic heterocycles. The third-order valence-electron chi connectivity index (χ3n) is 10.8. The fourth-order valence-electron chi connectivity index (χ4n) is 9.62. The quantitative estimate of drug-likeness (QED) is 0.633. The number of hydrogen-bond donors (Lipinski definition) is 2. The number of fused-ring (bicyclic) bond motifs is 5. The number of nitrogens with zero attached hydrogens (tertiary/aromatic N) is 3. The minimum atomic E-state index is -0.826. The molecule has 2 N–H and O–H groups in total. The molecule has 5 heteroatoms. The molecule has 0 spiro atoms. The summed E-state index contributed by atoms with van der Waals surface area (Å²) in [5, 5.41) is 36.2. The van der Waals surface area contributed by atoms with Gasteiger partial charge in [-0.15, -0.1) is 0 Å². The summed E-state index contributed by atoms with van der Waals surface area (Å²) in [5.41, 5.74) is -0.494. The van der Waals surface area contributed by atoms with Gasteiger partial charge in [0.25, 0.3) is 0 Å². The van der Waals surface area contributed by atoms with Gasteiger partial charge in [0.15, 0.2) is 0 Å². The number of nitriles is 1. The maximum absolute atomic E-state index is 11.7. The van der Waals surface area contributed by atoms with Gasteiger partial charge in [-0.25, -0.2) is 0 Å². The van der Waals surface area contributed by atoms with Crippen LogP contribution in [0.3, 0.4) is 0 Å². The molecule has 0 unspecified atom stereocenters. The molecule has 0 radical (unpaired) electrons. The topological polar surface area (TPSA) is 82.1 Å². The fraction of sp³-hybridized carbons (Fsp3) is 0.857. The van der Waals surface area contributed by atoms with Crippen molar-refractivity contribution in [3.8, 4) is 6.07 Å². The molecule has 0 aromatic carbocycles. The van der Waals surface area contributed by atoms with Gasteiger partial charge in [0.1, 0.15) is 6.07 Å². The van der Waals surface area contributed by atoms with Crippen molar-refractivity contribution >= 4 is 0 Å². The van der Waals surface area contributed by atoms with Crippen LogP contribution in [0.2, 0.25) is 0 Å². The lowest BCUT2D eigenvalue weighted by molar-refractivity contribution is -0.130. The van der Waals surface area contributed by atoms with Crippen LogP contribution < -0.4 is 0 Å². The first-order valence-electron chi connectivity index (χ1n) is 13.6. The van der Waals surface area contributed by atoms with Crippen LogP contribution in [0.15, 0.2) is 12.4 Å². The van der Waals surface area contributed by atoms with Gasteiger partial charge in [-0.1, -0.05) is 20.3 Å². The van der Waals surface area contributed by atoms with Crippen molar-refractivity contribution in [1.82, 2.24) is 9.78 Å². The summed E-state index contributed by atoms with van der Waals surface area (Å²) in [7, 11) is 0. The summed E-state index contributed by atoms with van der Waals surface area (Å²) >= 11 is 0. The molecule has 4 aliphatic carbocycles. The van der Waals surface area contributed by atoms with Crippen molar-refractivity contribution in [3.63, 3.8) is 0 Å². The van der Waals surface area contributed by atoms with Crippen LogP contribution in [-0.4, -0.2) is 31.2 Å². The van der Waals surface area contributed by atoms with Crippen molar-refractivity contribution < 1.29 is 10.2 Å². The molecular weight excluding hydrogens is 410 g/mol. The summed E-state index contributed by atoms with van der Waals surface area (Å²) in [4.78, 5) is 0. The minimum Gasteiger partial charge on any atom is -0.390 e. The average Bonchev–Trinajstić information content (AvgIpc) is 3.36. The Kier molecular flexibility index (Phi) is 5.93. The smallest absolute Gasteiger partial charge is 0.102 e. The second kappa shape index (κ2) is 8.38. The molecule has 0 saturated heterocycles. The van der Waals surface area contributed by atoms with Crippen molar-refractivity contribution in [2.24, 2.45) is 40.9 Å². The monoisotopic (exact) mass is 453 g/mol.